The summed E-state index contributed by atoms with van der Waals surface area (Å²) in [6.45, 7) is 0.464. The standard InChI is InChI=1S/C18H19ClF2N2O3/c1-10-13(19)5-4-6-14(10)23-17(24)11(2)22-12-7-8-15(25-3)16(9-12)26-18(20)21/h4-9,11,18,22H,1-3H3,(H,23,24). The lowest BCUT2D eigenvalue weighted by Crippen LogP contribution is -2.32. The van der Waals surface area contributed by atoms with Crippen molar-refractivity contribution in [3.8, 4) is 11.5 Å². The van der Waals surface area contributed by atoms with Gasteiger partial charge in [0.2, 0.25) is 5.91 Å². The van der Waals surface area contributed by atoms with E-state index in [1.54, 1.807) is 38.1 Å². The molecule has 0 bridgehead atoms. The van der Waals surface area contributed by atoms with Gasteiger partial charge in [-0.3, -0.25) is 4.79 Å². The maximum Gasteiger partial charge on any atom is 0.387 e. The van der Waals surface area contributed by atoms with E-state index in [0.717, 1.165) is 5.56 Å². The average Bonchev–Trinajstić information content (AvgIpc) is 2.58. The quantitative estimate of drug-likeness (QED) is 0.726. The first-order chi connectivity index (χ1) is 12.3. The maximum atomic E-state index is 12.5. The van der Waals surface area contributed by atoms with Crippen LogP contribution in [0.25, 0.3) is 0 Å². The lowest BCUT2D eigenvalue weighted by Gasteiger charge is -2.18. The van der Waals surface area contributed by atoms with Crippen LogP contribution in [0.15, 0.2) is 36.4 Å². The summed E-state index contributed by atoms with van der Waals surface area (Å²) in [6.07, 6.45) is 0. The molecule has 1 atom stereocenters. The van der Waals surface area contributed by atoms with Crippen LogP contribution in [0.4, 0.5) is 20.2 Å². The molecule has 0 heterocycles. The van der Waals surface area contributed by atoms with Gasteiger partial charge >= 0.3 is 6.61 Å². The maximum absolute atomic E-state index is 12.5. The minimum absolute atomic E-state index is 0.120. The highest BCUT2D eigenvalue weighted by molar-refractivity contribution is 6.31. The Morgan fingerprint density at radius 1 is 1.19 bits per heavy atom. The molecule has 26 heavy (non-hydrogen) atoms. The predicted molar refractivity (Wildman–Crippen MR) is 97.5 cm³/mol. The third kappa shape index (κ3) is 4.98. The minimum Gasteiger partial charge on any atom is -0.493 e. The van der Waals surface area contributed by atoms with Crippen molar-refractivity contribution in [1.82, 2.24) is 0 Å². The zero-order valence-corrected chi connectivity index (χ0v) is 15.2. The van der Waals surface area contributed by atoms with Crippen molar-refractivity contribution in [3.63, 3.8) is 0 Å². The summed E-state index contributed by atoms with van der Waals surface area (Å²) in [5.74, 6) is -0.254. The second-order valence-corrected chi connectivity index (χ2v) is 5.92. The predicted octanol–water partition coefficient (Wildman–Crippen LogP) is 4.70. The lowest BCUT2D eigenvalue weighted by molar-refractivity contribution is -0.116. The molecule has 8 heteroatoms. The molecule has 0 spiro atoms. The Morgan fingerprint density at radius 2 is 1.92 bits per heavy atom. The van der Waals surface area contributed by atoms with Gasteiger partial charge in [0.15, 0.2) is 11.5 Å². The normalized spacial score (nSPS) is 11.8. The van der Waals surface area contributed by atoms with Gasteiger partial charge in [0.1, 0.15) is 6.04 Å². The van der Waals surface area contributed by atoms with Gasteiger partial charge in [-0.05, 0) is 43.7 Å². The summed E-state index contributed by atoms with van der Waals surface area (Å²) in [6, 6.07) is 9.00. The van der Waals surface area contributed by atoms with E-state index in [2.05, 4.69) is 15.4 Å². The number of anilines is 2. The van der Waals surface area contributed by atoms with Crippen molar-refractivity contribution < 1.29 is 23.0 Å². The Kier molecular flexibility index (Phi) is 6.63. The molecule has 2 N–H and O–H groups in total. The van der Waals surface area contributed by atoms with E-state index >= 15 is 0 Å². The molecule has 2 aromatic carbocycles. The Balaban J connectivity index is 2.09. The van der Waals surface area contributed by atoms with E-state index in [-0.39, 0.29) is 17.4 Å². The van der Waals surface area contributed by atoms with Gasteiger partial charge in [-0.2, -0.15) is 8.78 Å². The number of hydrogen-bond donors (Lipinski definition) is 2. The van der Waals surface area contributed by atoms with E-state index in [0.29, 0.717) is 16.4 Å². The summed E-state index contributed by atoms with van der Waals surface area (Å²) in [5.41, 5.74) is 1.80. The molecular formula is C18H19ClF2N2O3. The molecule has 0 aromatic heterocycles. The third-order valence-electron chi connectivity index (χ3n) is 3.68. The zero-order chi connectivity index (χ0) is 19.3. The number of benzene rings is 2. The molecule has 0 aliphatic carbocycles. The molecule has 5 nitrogen and oxygen atoms in total. The number of hydrogen-bond acceptors (Lipinski definition) is 4. The number of ether oxygens (including phenoxy) is 2. The molecule has 0 aliphatic rings. The fourth-order valence-electron chi connectivity index (χ4n) is 2.25. The summed E-state index contributed by atoms with van der Waals surface area (Å²) in [5, 5.41) is 6.26. The SMILES string of the molecule is COc1ccc(NC(C)C(=O)Nc2cccc(Cl)c2C)cc1OC(F)F. The summed E-state index contributed by atoms with van der Waals surface area (Å²) in [4.78, 5) is 12.4. The van der Waals surface area contributed by atoms with Crippen molar-refractivity contribution in [3.05, 3.63) is 47.0 Å². The molecule has 2 rings (SSSR count). The number of nitrogens with one attached hydrogen (secondary N) is 2. The van der Waals surface area contributed by atoms with Crippen LogP contribution < -0.4 is 20.1 Å². The molecule has 140 valence electrons. The van der Waals surface area contributed by atoms with Crippen molar-refractivity contribution in [1.29, 1.82) is 0 Å². The first kappa shape index (κ1) is 19.8. The van der Waals surface area contributed by atoms with Gasteiger partial charge in [-0.25, -0.2) is 0 Å². The molecule has 0 saturated carbocycles. The van der Waals surface area contributed by atoms with Gasteiger partial charge in [-0.15, -0.1) is 0 Å². The largest absolute Gasteiger partial charge is 0.493 e. The summed E-state index contributed by atoms with van der Waals surface area (Å²) >= 11 is 6.04. The Bertz CT molecular complexity index is 787. The molecule has 1 amide bonds. The number of halogens is 3. The summed E-state index contributed by atoms with van der Waals surface area (Å²) in [7, 11) is 1.35. The highest BCUT2D eigenvalue weighted by Crippen LogP contribution is 2.31. The van der Waals surface area contributed by atoms with Crippen LogP contribution in [0, 0.1) is 6.92 Å². The molecule has 0 aliphatic heterocycles. The number of carbonyl (C=O) groups is 1. The van der Waals surface area contributed by atoms with Gasteiger partial charge in [0.05, 0.1) is 7.11 Å². The minimum atomic E-state index is -2.98. The molecule has 0 saturated heterocycles. The van der Waals surface area contributed by atoms with Crippen molar-refractivity contribution >= 4 is 28.9 Å². The van der Waals surface area contributed by atoms with Crippen molar-refractivity contribution in [2.45, 2.75) is 26.5 Å². The van der Waals surface area contributed by atoms with Crippen LogP contribution >= 0.6 is 11.6 Å². The van der Waals surface area contributed by atoms with E-state index in [1.807, 2.05) is 0 Å². The van der Waals surface area contributed by atoms with Crippen molar-refractivity contribution in [2.75, 3.05) is 17.7 Å². The number of rotatable bonds is 7. The first-order valence-electron chi connectivity index (χ1n) is 7.77. The molecule has 0 fully saturated rings. The topological polar surface area (TPSA) is 59.6 Å². The Morgan fingerprint density at radius 3 is 2.58 bits per heavy atom. The van der Waals surface area contributed by atoms with E-state index in [1.165, 1.54) is 19.2 Å². The smallest absolute Gasteiger partial charge is 0.387 e. The Labute approximate surface area is 155 Å². The molecule has 2 aromatic rings. The van der Waals surface area contributed by atoms with Crippen LogP contribution in [0.3, 0.4) is 0 Å². The van der Waals surface area contributed by atoms with Crippen LogP contribution in [-0.4, -0.2) is 25.7 Å². The van der Waals surface area contributed by atoms with Gasteiger partial charge in [0.25, 0.3) is 0 Å². The van der Waals surface area contributed by atoms with Gasteiger partial charge in [-0.1, -0.05) is 17.7 Å². The van der Waals surface area contributed by atoms with E-state index < -0.39 is 12.7 Å². The zero-order valence-electron chi connectivity index (χ0n) is 14.5. The molecule has 0 radical (unpaired) electrons. The Hall–Kier alpha value is -2.54. The highest BCUT2D eigenvalue weighted by atomic mass is 35.5. The average molecular weight is 385 g/mol. The third-order valence-corrected chi connectivity index (χ3v) is 4.09. The fourth-order valence-corrected chi connectivity index (χ4v) is 2.43. The second kappa shape index (κ2) is 8.71. The second-order valence-electron chi connectivity index (χ2n) is 5.51. The highest BCUT2D eigenvalue weighted by Gasteiger charge is 2.16. The monoisotopic (exact) mass is 384 g/mol. The fraction of sp³-hybridized carbons (Fsp3) is 0.278. The summed E-state index contributed by atoms with van der Waals surface area (Å²) < 4.78 is 34.4. The first-order valence-corrected chi connectivity index (χ1v) is 8.15. The lowest BCUT2D eigenvalue weighted by atomic mass is 10.2. The van der Waals surface area contributed by atoms with Gasteiger partial charge in [0, 0.05) is 22.5 Å². The number of amides is 1. The molecular weight excluding hydrogens is 366 g/mol. The van der Waals surface area contributed by atoms with Gasteiger partial charge < -0.3 is 20.1 Å². The van der Waals surface area contributed by atoms with Crippen LogP contribution in [-0.2, 0) is 4.79 Å². The van der Waals surface area contributed by atoms with E-state index in [4.69, 9.17) is 16.3 Å². The van der Waals surface area contributed by atoms with E-state index in [9.17, 15) is 13.6 Å². The number of carbonyl (C=O) groups excluding carboxylic acids is 1. The number of methoxy groups -OCH3 is 1. The van der Waals surface area contributed by atoms with Crippen LogP contribution in [0.2, 0.25) is 5.02 Å². The molecule has 1 unspecified atom stereocenters. The van der Waals surface area contributed by atoms with Crippen LogP contribution in [0.1, 0.15) is 12.5 Å². The van der Waals surface area contributed by atoms with Crippen LogP contribution in [0.5, 0.6) is 11.5 Å². The number of alkyl halides is 2. The van der Waals surface area contributed by atoms with Crippen molar-refractivity contribution in [2.24, 2.45) is 0 Å².